The van der Waals surface area contributed by atoms with Crippen LogP contribution in [-0.2, 0) is 0 Å². The molecule has 2 rings (SSSR count). The smallest absolute Gasteiger partial charge is 0.0748 e. The number of rotatable bonds is 1. The summed E-state index contributed by atoms with van der Waals surface area (Å²) in [4.78, 5) is 8.03. The first-order valence-corrected chi connectivity index (χ1v) is 3.81. The van der Waals surface area contributed by atoms with E-state index in [-0.39, 0.29) is 5.82 Å². The maximum absolute atomic E-state index is 12.5. The van der Waals surface area contributed by atoms with Gasteiger partial charge in [-0.1, -0.05) is 0 Å². The minimum absolute atomic E-state index is 0.306. The molecule has 0 amide bonds. The Morgan fingerprint density at radius 3 is 2.54 bits per heavy atom. The molecule has 13 heavy (non-hydrogen) atoms. The Morgan fingerprint density at radius 1 is 1.15 bits per heavy atom. The second kappa shape index (κ2) is 3.31. The second-order valence-electron chi connectivity index (χ2n) is 2.49. The minimum Gasteiger partial charge on any atom is -0.285 e. The molecule has 0 N–H and O–H groups in total. The molecule has 0 aliphatic carbocycles. The Kier molecular flexibility index (Phi) is 2.00. The van der Waals surface area contributed by atoms with Gasteiger partial charge in [0.1, 0.15) is 0 Å². The third-order valence-electron chi connectivity index (χ3n) is 1.58. The van der Waals surface area contributed by atoms with Gasteiger partial charge in [0.15, 0.2) is 0 Å². The average molecular weight is 173 g/mol. The van der Waals surface area contributed by atoms with Gasteiger partial charge in [-0.2, -0.15) is 0 Å². The fourth-order valence-electron chi connectivity index (χ4n) is 0.983. The molecule has 0 saturated heterocycles. The molecule has 0 fully saturated rings. The quantitative estimate of drug-likeness (QED) is 0.617. The SMILES string of the molecule is Fc1c[c-]c(-c2ncccn2)cc1. The van der Waals surface area contributed by atoms with Crippen LogP contribution in [0.5, 0.6) is 0 Å². The molecule has 2 nitrogen and oxygen atoms in total. The van der Waals surface area contributed by atoms with Gasteiger partial charge in [-0.15, -0.1) is 29.8 Å². The fraction of sp³-hybridized carbons (Fsp3) is 0. The van der Waals surface area contributed by atoms with E-state index in [9.17, 15) is 4.39 Å². The highest BCUT2D eigenvalue weighted by atomic mass is 19.1. The van der Waals surface area contributed by atoms with Crippen LogP contribution in [0.2, 0.25) is 0 Å². The molecule has 1 aromatic carbocycles. The van der Waals surface area contributed by atoms with Crippen LogP contribution < -0.4 is 0 Å². The summed E-state index contributed by atoms with van der Waals surface area (Å²) < 4.78 is 12.5. The van der Waals surface area contributed by atoms with Crippen molar-refractivity contribution in [3.05, 3.63) is 48.5 Å². The third kappa shape index (κ3) is 1.69. The van der Waals surface area contributed by atoms with Crippen molar-refractivity contribution in [2.75, 3.05) is 0 Å². The maximum Gasteiger partial charge on any atom is 0.0748 e. The van der Waals surface area contributed by atoms with Gasteiger partial charge < -0.3 is 0 Å². The molecule has 3 heteroatoms. The molecule has 0 unspecified atom stereocenters. The van der Waals surface area contributed by atoms with Gasteiger partial charge in [0.2, 0.25) is 0 Å². The molecule has 0 radical (unpaired) electrons. The fourth-order valence-corrected chi connectivity index (χ4v) is 0.983. The van der Waals surface area contributed by atoms with Crippen LogP contribution in [0.15, 0.2) is 36.7 Å². The number of hydrogen-bond donors (Lipinski definition) is 0. The number of benzene rings is 1. The minimum atomic E-state index is -0.306. The standard InChI is InChI=1S/C10H6FN2/c11-9-4-2-8(3-5-9)10-12-6-1-7-13-10/h1-2,4-7H/q-1. The zero-order valence-electron chi connectivity index (χ0n) is 6.74. The van der Waals surface area contributed by atoms with Crippen molar-refractivity contribution < 1.29 is 4.39 Å². The van der Waals surface area contributed by atoms with E-state index in [1.54, 1.807) is 24.5 Å². The average Bonchev–Trinajstić information content (AvgIpc) is 2.20. The Balaban J connectivity index is 2.42. The normalized spacial score (nSPS) is 9.92. The monoisotopic (exact) mass is 173 g/mol. The summed E-state index contributed by atoms with van der Waals surface area (Å²) in [5, 5.41) is 0. The van der Waals surface area contributed by atoms with Gasteiger partial charge >= 0.3 is 0 Å². The van der Waals surface area contributed by atoms with Crippen molar-refractivity contribution in [2.45, 2.75) is 0 Å². The molecule has 0 saturated carbocycles. The maximum atomic E-state index is 12.5. The predicted octanol–water partition coefficient (Wildman–Crippen LogP) is 2.08. The molecule has 1 heterocycles. The van der Waals surface area contributed by atoms with Crippen LogP contribution >= 0.6 is 0 Å². The summed E-state index contributed by atoms with van der Waals surface area (Å²) in [5.41, 5.74) is 0.696. The molecule has 1 aromatic heterocycles. The summed E-state index contributed by atoms with van der Waals surface area (Å²) in [6.45, 7) is 0. The molecule has 0 spiro atoms. The molecule has 0 aliphatic rings. The number of hydrogen-bond acceptors (Lipinski definition) is 2. The van der Waals surface area contributed by atoms with Gasteiger partial charge in [-0.25, -0.2) is 0 Å². The Labute approximate surface area is 75.1 Å². The summed E-state index contributed by atoms with van der Waals surface area (Å²) >= 11 is 0. The molecule has 0 atom stereocenters. The van der Waals surface area contributed by atoms with E-state index in [1.165, 1.54) is 12.1 Å². The highest BCUT2D eigenvalue weighted by Gasteiger charge is 1.89. The van der Waals surface area contributed by atoms with Crippen molar-refractivity contribution in [3.63, 3.8) is 0 Å². The van der Waals surface area contributed by atoms with E-state index in [0.29, 0.717) is 11.4 Å². The van der Waals surface area contributed by atoms with Crippen LogP contribution in [0.25, 0.3) is 11.4 Å². The van der Waals surface area contributed by atoms with Crippen LogP contribution in [-0.4, -0.2) is 9.97 Å². The predicted molar refractivity (Wildman–Crippen MR) is 46.3 cm³/mol. The zero-order valence-corrected chi connectivity index (χ0v) is 6.74. The van der Waals surface area contributed by atoms with E-state index < -0.39 is 0 Å². The number of aromatic nitrogens is 2. The van der Waals surface area contributed by atoms with Crippen LogP contribution in [0, 0.1) is 11.9 Å². The molecule has 0 bridgehead atoms. The molecular weight excluding hydrogens is 167 g/mol. The lowest BCUT2D eigenvalue weighted by atomic mass is 10.2. The van der Waals surface area contributed by atoms with Gasteiger partial charge in [-0.05, 0) is 6.07 Å². The van der Waals surface area contributed by atoms with Gasteiger partial charge in [0.25, 0.3) is 0 Å². The number of halogens is 1. The lowest BCUT2D eigenvalue weighted by molar-refractivity contribution is 0.627. The van der Waals surface area contributed by atoms with Gasteiger partial charge in [0.05, 0.1) is 5.82 Å². The van der Waals surface area contributed by atoms with Crippen molar-refractivity contribution >= 4 is 0 Å². The second-order valence-corrected chi connectivity index (χ2v) is 2.49. The van der Waals surface area contributed by atoms with Crippen LogP contribution in [0.4, 0.5) is 4.39 Å². The van der Waals surface area contributed by atoms with Crippen LogP contribution in [0.3, 0.4) is 0 Å². The Morgan fingerprint density at radius 2 is 1.92 bits per heavy atom. The lowest BCUT2D eigenvalue weighted by Crippen LogP contribution is -1.86. The molecule has 64 valence electrons. The Hall–Kier alpha value is -1.77. The number of nitrogens with zero attached hydrogens (tertiary/aromatic N) is 2. The molecule has 2 aromatic rings. The molecule has 0 aliphatic heterocycles. The van der Waals surface area contributed by atoms with Crippen molar-refractivity contribution in [1.82, 2.24) is 9.97 Å². The van der Waals surface area contributed by atoms with Crippen molar-refractivity contribution in [2.24, 2.45) is 0 Å². The van der Waals surface area contributed by atoms with Crippen LogP contribution in [0.1, 0.15) is 0 Å². The van der Waals surface area contributed by atoms with E-state index in [1.807, 2.05) is 0 Å². The first-order chi connectivity index (χ1) is 6.36. The first kappa shape index (κ1) is 7.86. The van der Waals surface area contributed by atoms with Gasteiger partial charge in [0, 0.05) is 18.2 Å². The highest BCUT2D eigenvalue weighted by Crippen LogP contribution is 2.12. The van der Waals surface area contributed by atoms with E-state index in [4.69, 9.17) is 0 Å². The van der Waals surface area contributed by atoms with E-state index in [0.717, 1.165) is 0 Å². The van der Waals surface area contributed by atoms with Crippen molar-refractivity contribution in [1.29, 1.82) is 0 Å². The summed E-state index contributed by atoms with van der Waals surface area (Å²) in [6, 6.07) is 8.72. The molecular formula is C10H6FN2-. The van der Waals surface area contributed by atoms with E-state index >= 15 is 0 Å². The third-order valence-corrected chi connectivity index (χ3v) is 1.58. The summed E-state index contributed by atoms with van der Waals surface area (Å²) in [5.74, 6) is 0.252. The summed E-state index contributed by atoms with van der Waals surface area (Å²) in [7, 11) is 0. The Bertz CT molecular complexity index is 383. The zero-order chi connectivity index (χ0) is 9.10. The summed E-state index contributed by atoms with van der Waals surface area (Å²) in [6.07, 6.45) is 3.28. The van der Waals surface area contributed by atoms with E-state index in [2.05, 4.69) is 16.0 Å². The largest absolute Gasteiger partial charge is 0.285 e. The topological polar surface area (TPSA) is 25.8 Å². The van der Waals surface area contributed by atoms with Gasteiger partial charge in [-0.3, -0.25) is 14.4 Å². The highest BCUT2D eigenvalue weighted by molar-refractivity contribution is 5.52. The lowest BCUT2D eigenvalue weighted by Gasteiger charge is -2.05. The van der Waals surface area contributed by atoms with Crippen molar-refractivity contribution in [3.8, 4) is 11.4 Å². The first-order valence-electron chi connectivity index (χ1n) is 3.81.